The summed E-state index contributed by atoms with van der Waals surface area (Å²) < 4.78 is 33.2. The van der Waals surface area contributed by atoms with Crippen LogP contribution in [0.2, 0.25) is 0 Å². The van der Waals surface area contributed by atoms with E-state index in [2.05, 4.69) is 13.8 Å². The maximum atomic E-state index is 12.2. The third kappa shape index (κ3) is 4.82. The van der Waals surface area contributed by atoms with E-state index in [1.54, 1.807) is 0 Å². The van der Waals surface area contributed by atoms with Crippen molar-refractivity contribution in [1.82, 2.24) is 0 Å². The predicted molar refractivity (Wildman–Crippen MR) is 88.0 cm³/mol. The first-order valence-corrected chi connectivity index (χ1v) is 9.44. The van der Waals surface area contributed by atoms with E-state index >= 15 is 0 Å². The van der Waals surface area contributed by atoms with E-state index < -0.39 is 14.9 Å². The van der Waals surface area contributed by atoms with Crippen molar-refractivity contribution in [2.45, 2.75) is 70.0 Å². The molecule has 0 fully saturated rings. The molecule has 0 unspecified atom stereocenters. The average Bonchev–Trinajstić information content (AvgIpc) is 2.45. The van der Waals surface area contributed by atoms with E-state index in [0.717, 1.165) is 44.1 Å². The largest absolute Gasteiger partial charge is 0.285 e. The monoisotopic (exact) mass is 312 g/mol. The molecule has 0 bridgehead atoms. The topological polar surface area (TPSA) is 54.4 Å². The minimum atomic E-state index is -4.14. The van der Waals surface area contributed by atoms with Gasteiger partial charge in [-0.3, -0.25) is 4.55 Å². The molecule has 1 aromatic carbocycles. The average molecular weight is 312 g/mol. The third-order valence-electron chi connectivity index (χ3n) is 4.16. The number of rotatable bonds is 10. The van der Waals surface area contributed by atoms with E-state index in [1.807, 2.05) is 30.3 Å². The van der Waals surface area contributed by atoms with Gasteiger partial charge in [0.05, 0.1) is 0 Å². The Morgan fingerprint density at radius 1 is 0.905 bits per heavy atom. The predicted octanol–water partition coefficient (Wildman–Crippen LogP) is 4.93. The highest BCUT2D eigenvalue weighted by atomic mass is 32.2. The van der Waals surface area contributed by atoms with Gasteiger partial charge in [-0.25, -0.2) is 0 Å². The first kappa shape index (κ1) is 18.2. The van der Waals surface area contributed by atoms with Crippen LogP contribution < -0.4 is 0 Å². The summed E-state index contributed by atoms with van der Waals surface area (Å²) in [7, 11) is -4.14. The van der Waals surface area contributed by atoms with E-state index in [4.69, 9.17) is 0 Å². The summed E-state index contributed by atoms with van der Waals surface area (Å²) in [6.45, 7) is 4.18. The van der Waals surface area contributed by atoms with Gasteiger partial charge in [-0.05, 0) is 18.4 Å². The standard InChI is InChI=1S/C17H28O3S/c1-3-5-10-14-17(21(18,19)20,15-11-6-4-2)16-12-8-7-9-13-16/h7-9,12-13H,3-6,10-11,14-15H2,1-2H3,(H,18,19,20). The van der Waals surface area contributed by atoms with Crippen LogP contribution in [0.5, 0.6) is 0 Å². The number of unbranched alkanes of at least 4 members (excludes halogenated alkanes) is 4. The van der Waals surface area contributed by atoms with Crippen LogP contribution in [-0.2, 0) is 14.9 Å². The summed E-state index contributed by atoms with van der Waals surface area (Å²) >= 11 is 0. The van der Waals surface area contributed by atoms with Gasteiger partial charge in [0.1, 0.15) is 4.75 Å². The maximum Gasteiger partial charge on any atom is 0.274 e. The van der Waals surface area contributed by atoms with Gasteiger partial charge < -0.3 is 0 Å². The summed E-state index contributed by atoms with van der Waals surface area (Å²) in [6.07, 6.45) is 6.65. The summed E-state index contributed by atoms with van der Waals surface area (Å²) in [5.74, 6) is 0. The smallest absolute Gasteiger partial charge is 0.274 e. The zero-order chi connectivity index (χ0) is 15.8. The van der Waals surface area contributed by atoms with Crippen LogP contribution in [0.3, 0.4) is 0 Å². The Morgan fingerprint density at radius 2 is 1.38 bits per heavy atom. The van der Waals surface area contributed by atoms with Crippen LogP contribution >= 0.6 is 0 Å². The molecule has 0 saturated heterocycles. The lowest BCUT2D eigenvalue weighted by Crippen LogP contribution is -2.35. The minimum Gasteiger partial charge on any atom is -0.285 e. The van der Waals surface area contributed by atoms with Gasteiger partial charge >= 0.3 is 0 Å². The van der Waals surface area contributed by atoms with E-state index in [0.29, 0.717) is 12.8 Å². The van der Waals surface area contributed by atoms with Crippen molar-refractivity contribution in [2.24, 2.45) is 0 Å². The molecule has 0 saturated carbocycles. The van der Waals surface area contributed by atoms with Crippen LogP contribution in [0, 0.1) is 0 Å². The zero-order valence-electron chi connectivity index (χ0n) is 13.2. The lowest BCUT2D eigenvalue weighted by molar-refractivity contribution is 0.377. The van der Waals surface area contributed by atoms with Crippen molar-refractivity contribution in [1.29, 1.82) is 0 Å². The Balaban J connectivity index is 3.14. The summed E-state index contributed by atoms with van der Waals surface area (Å²) in [4.78, 5) is 0. The first-order chi connectivity index (χ1) is 9.98. The molecule has 0 amide bonds. The van der Waals surface area contributed by atoms with E-state index in [-0.39, 0.29) is 0 Å². The molecule has 1 aromatic rings. The molecule has 120 valence electrons. The van der Waals surface area contributed by atoms with Gasteiger partial charge in [0.25, 0.3) is 10.1 Å². The molecule has 0 aliphatic rings. The van der Waals surface area contributed by atoms with Crippen molar-refractivity contribution in [3.8, 4) is 0 Å². The van der Waals surface area contributed by atoms with Gasteiger partial charge in [0.2, 0.25) is 0 Å². The second-order valence-corrected chi connectivity index (χ2v) is 7.48. The summed E-state index contributed by atoms with van der Waals surface area (Å²) in [5.41, 5.74) is 0.722. The van der Waals surface area contributed by atoms with Crippen LogP contribution in [-0.4, -0.2) is 13.0 Å². The van der Waals surface area contributed by atoms with E-state index in [9.17, 15) is 13.0 Å². The Hall–Kier alpha value is -0.870. The molecular weight excluding hydrogens is 284 g/mol. The molecule has 0 aliphatic heterocycles. The van der Waals surface area contributed by atoms with Crippen molar-refractivity contribution in [2.75, 3.05) is 0 Å². The highest BCUT2D eigenvalue weighted by Gasteiger charge is 2.43. The Bertz CT molecular complexity index is 484. The fourth-order valence-corrected chi connectivity index (χ4v) is 4.12. The summed E-state index contributed by atoms with van der Waals surface area (Å²) in [6, 6.07) is 9.21. The van der Waals surface area contributed by atoms with Crippen molar-refractivity contribution in [3.63, 3.8) is 0 Å². The zero-order valence-corrected chi connectivity index (χ0v) is 14.0. The SMILES string of the molecule is CCCCCC(CCCCC)(c1ccccc1)S(=O)(=O)O. The normalized spacial score (nSPS) is 12.5. The molecule has 0 spiro atoms. The Labute approximate surface area is 129 Å². The second-order valence-electron chi connectivity index (χ2n) is 5.75. The molecule has 0 atom stereocenters. The van der Waals surface area contributed by atoms with Gasteiger partial charge in [-0.15, -0.1) is 0 Å². The Kier molecular flexibility index (Phi) is 7.40. The van der Waals surface area contributed by atoms with Crippen LogP contribution in [0.1, 0.15) is 70.8 Å². The minimum absolute atomic E-state index is 0.493. The lowest BCUT2D eigenvalue weighted by Gasteiger charge is -2.31. The number of hydrogen-bond acceptors (Lipinski definition) is 2. The molecule has 1 rings (SSSR count). The first-order valence-electron chi connectivity index (χ1n) is 8.00. The van der Waals surface area contributed by atoms with Gasteiger partial charge in [0.15, 0.2) is 0 Å². The Morgan fingerprint density at radius 3 is 1.76 bits per heavy atom. The molecule has 0 radical (unpaired) electrons. The molecular formula is C17H28O3S. The third-order valence-corrected chi connectivity index (χ3v) is 5.79. The molecule has 0 aromatic heterocycles. The highest BCUT2D eigenvalue weighted by molar-refractivity contribution is 7.86. The molecule has 0 heterocycles. The van der Waals surface area contributed by atoms with Gasteiger partial charge in [0, 0.05) is 0 Å². The molecule has 21 heavy (non-hydrogen) atoms. The van der Waals surface area contributed by atoms with Gasteiger partial charge in [-0.2, -0.15) is 8.42 Å². The molecule has 3 nitrogen and oxygen atoms in total. The lowest BCUT2D eigenvalue weighted by atomic mass is 9.87. The number of hydrogen-bond donors (Lipinski definition) is 1. The number of benzene rings is 1. The fraction of sp³-hybridized carbons (Fsp3) is 0.647. The molecule has 0 aliphatic carbocycles. The van der Waals surface area contributed by atoms with E-state index in [1.165, 1.54) is 0 Å². The summed E-state index contributed by atoms with van der Waals surface area (Å²) in [5, 5.41) is 0. The van der Waals surface area contributed by atoms with Crippen LogP contribution in [0.15, 0.2) is 30.3 Å². The highest BCUT2D eigenvalue weighted by Crippen LogP contribution is 2.40. The maximum absolute atomic E-state index is 12.2. The molecule has 1 N–H and O–H groups in total. The van der Waals surface area contributed by atoms with Crippen molar-refractivity contribution in [3.05, 3.63) is 35.9 Å². The van der Waals surface area contributed by atoms with Crippen molar-refractivity contribution < 1.29 is 13.0 Å². The van der Waals surface area contributed by atoms with Gasteiger partial charge in [-0.1, -0.05) is 82.7 Å². The van der Waals surface area contributed by atoms with Crippen LogP contribution in [0.4, 0.5) is 0 Å². The quantitative estimate of drug-likeness (QED) is 0.492. The molecule has 4 heteroatoms. The van der Waals surface area contributed by atoms with Crippen molar-refractivity contribution >= 4 is 10.1 Å². The van der Waals surface area contributed by atoms with Crippen LogP contribution in [0.25, 0.3) is 0 Å². The fourth-order valence-electron chi connectivity index (χ4n) is 2.88. The second kappa shape index (κ2) is 8.54.